The molecule has 0 unspecified atom stereocenters. The monoisotopic (exact) mass is 302 g/mol. The van der Waals surface area contributed by atoms with Gasteiger partial charge in [0.1, 0.15) is 0 Å². The number of carboxylic acids is 2. The van der Waals surface area contributed by atoms with Gasteiger partial charge in [-0.05, 0) is 32.0 Å². The van der Waals surface area contributed by atoms with E-state index in [2.05, 4.69) is 0 Å². The third kappa shape index (κ3) is 3.66. The molecule has 0 saturated carbocycles. The molecule has 1 aromatic carbocycles. The minimum absolute atomic E-state index is 0.0803. The molecule has 0 atom stereocenters. The standard InChI is InChI=1S/C12H15O7P/c1-3-18-20(17,19-4-2)10-6-8(11(13)14)5-9(7-10)12(15)16/h5-7H,3-4H2,1-2H3,(H,13,14)(H,15,16). The summed E-state index contributed by atoms with van der Waals surface area (Å²) in [6.07, 6.45) is 0. The number of benzene rings is 1. The third-order valence-corrected chi connectivity index (χ3v) is 4.41. The SMILES string of the molecule is CCOP(=O)(OCC)c1cc(C(=O)O)cc(C(=O)O)c1. The number of rotatable bonds is 7. The second-order valence-electron chi connectivity index (χ2n) is 3.71. The van der Waals surface area contributed by atoms with Crippen LogP contribution in [0.1, 0.15) is 34.6 Å². The van der Waals surface area contributed by atoms with Crippen LogP contribution >= 0.6 is 7.60 Å². The number of carboxylic acid groups (broad SMARTS) is 2. The highest BCUT2D eigenvalue weighted by Gasteiger charge is 2.29. The molecular formula is C12H15O7P. The molecule has 110 valence electrons. The van der Waals surface area contributed by atoms with Gasteiger partial charge in [-0.3, -0.25) is 4.57 Å². The summed E-state index contributed by atoms with van der Waals surface area (Å²) in [5, 5.41) is 17.9. The molecule has 0 aliphatic rings. The lowest BCUT2D eigenvalue weighted by Gasteiger charge is -2.18. The predicted molar refractivity (Wildman–Crippen MR) is 70.9 cm³/mol. The second kappa shape index (κ2) is 6.65. The zero-order chi connectivity index (χ0) is 15.3. The molecule has 0 saturated heterocycles. The lowest BCUT2D eigenvalue weighted by Crippen LogP contribution is -2.16. The molecule has 0 aromatic heterocycles. The molecule has 0 aliphatic heterocycles. The molecule has 0 radical (unpaired) electrons. The Hall–Kier alpha value is -1.69. The first kappa shape index (κ1) is 16.4. The summed E-state index contributed by atoms with van der Waals surface area (Å²) in [6, 6.07) is 3.18. The maximum absolute atomic E-state index is 12.5. The molecule has 0 spiro atoms. The van der Waals surface area contributed by atoms with Gasteiger partial charge < -0.3 is 19.3 Å². The van der Waals surface area contributed by atoms with Gasteiger partial charge in [0, 0.05) is 0 Å². The molecule has 1 rings (SSSR count). The summed E-state index contributed by atoms with van der Waals surface area (Å²) in [4.78, 5) is 22.0. The lowest BCUT2D eigenvalue weighted by atomic mass is 10.1. The zero-order valence-corrected chi connectivity index (χ0v) is 11.9. The molecule has 0 aliphatic carbocycles. The van der Waals surface area contributed by atoms with E-state index < -0.39 is 19.5 Å². The van der Waals surface area contributed by atoms with Crippen molar-refractivity contribution in [3.05, 3.63) is 29.3 Å². The first-order chi connectivity index (χ1) is 9.34. The van der Waals surface area contributed by atoms with Gasteiger partial charge in [-0.25, -0.2) is 9.59 Å². The van der Waals surface area contributed by atoms with Crippen LogP contribution in [0.25, 0.3) is 0 Å². The van der Waals surface area contributed by atoms with Crippen LogP contribution in [-0.4, -0.2) is 35.4 Å². The van der Waals surface area contributed by atoms with Gasteiger partial charge in [0.25, 0.3) is 0 Å². The molecule has 0 amide bonds. The van der Waals surface area contributed by atoms with Crippen LogP contribution in [0.4, 0.5) is 0 Å². The average Bonchev–Trinajstić information content (AvgIpc) is 2.38. The van der Waals surface area contributed by atoms with Gasteiger partial charge in [-0.2, -0.15) is 0 Å². The van der Waals surface area contributed by atoms with Gasteiger partial charge >= 0.3 is 19.5 Å². The minimum atomic E-state index is -3.73. The first-order valence-corrected chi connectivity index (χ1v) is 7.39. The summed E-state index contributed by atoms with van der Waals surface area (Å²) in [7, 11) is -3.73. The van der Waals surface area contributed by atoms with E-state index in [1.54, 1.807) is 13.8 Å². The molecule has 20 heavy (non-hydrogen) atoms. The Balaban J connectivity index is 3.44. The Labute approximate surface area is 115 Å². The van der Waals surface area contributed by atoms with Crippen LogP contribution in [0.3, 0.4) is 0 Å². The van der Waals surface area contributed by atoms with Crippen LogP contribution < -0.4 is 5.30 Å². The normalized spacial score (nSPS) is 11.3. The quantitative estimate of drug-likeness (QED) is 0.741. The van der Waals surface area contributed by atoms with E-state index in [0.717, 1.165) is 18.2 Å². The highest BCUT2D eigenvalue weighted by atomic mass is 31.2. The Morgan fingerprint density at radius 2 is 1.40 bits per heavy atom. The fraction of sp³-hybridized carbons (Fsp3) is 0.333. The second-order valence-corrected chi connectivity index (χ2v) is 5.74. The van der Waals surface area contributed by atoms with Crippen molar-refractivity contribution >= 4 is 24.8 Å². The molecule has 0 heterocycles. The molecule has 0 bridgehead atoms. The van der Waals surface area contributed by atoms with Crippen molar-refractivity contribution in [2.24, 2.45) is 0 Å². The Morgan fingerprint density at radius 3 is 1.70 bits per heavy atom. The lowest BCUT2D eigenvalue weighted by molar-refractivity contribution is 0.0696. The Kier molecular flexibility index (Phi) is 5.44. The Bertz CT molecular complexity index is 525. The van der Waals surface area contributed by atoms with Gasteiger partial charge in [-0.15, -0.1) is 0 Å². The van der Waals surface area contributed by atoms with Gasteiger partial charge in [-0.1, -0.05) is 0 Å². The minimum Gasteiger partial charge on any atom is -0.478 e. The fourth-order valence-electron chi connectivity index (χ4n) is 1.54. The number of carbonyl (C=O) groups is 2. The molecular weight excluding hydrogens is 287 g/mol. The predicted octanol–water partition coefficient (Wildman–Crippen LogP) is 1.97. The number of hydrogen-bond acceptors (Lipinski definition) is 5. The smallest absolute Gasteiger partial charge is 0.361 e. The van der Waals surface area contributed by atoms with Crippen molar-refractivity contribution < 1.29 is 33.4 Å². The van der Waals surface area contributed by atoms with E-state index in [0.29, 0.717) is 0 Å². The molecule has 8 heteroatoms. The van der Waals surface area contributed by atoms with Crippen LogP contribution in [0.2, 0.25) is 0 Å². The van der Waals surface area contributed by atoms with Crippen molar-refractivity contribution in [3.8, 4) is 0 Å². The summed E-state index contributed by atoms with van der Waals surface area (Å²) >= 11 is 0. The first-order valence-electron chi connectivity index (χ1n) is 5.85. The zero-order valence-electron chi connectivity index (χ0n) is 11.0. The summed E-state index contributed by atoms with van der Waals surface area (Å²) in [5.74, 6) is -2.65. The van der Waals surface area contributed by atoms with Crippen LogP contribution in [0.5, 0.6) is 0 Å². The number of hydrogen-bond donors (Lipinski definition) is 2. The summed E-state index contributed by atoms with van der Waals surface area (Å²) in [5.41, 5.74) is -0.584. The van der Waals surface area contributed by atoms with Gasteiger partial charge in [0.05, 0.1) is 29.6 Å². The van der Waals surface area contributed by atoms with Gasteiger partial charge in [0.2, 0.25) is 0 Å². The van der Waals surface area contributed by atoms with E-state index in [1.807, 2.05) is 0 Å². The van der Waals surface area contributed by atoms with Gasteiger partial charge in [0.15, 0.2) is 0 Å². The summed E-state index contributed by atoms with van der Waals surface area (Å²) < 4.78 is 22.7. The molecule has 2 N–H and O–H groups in total. The van der Waals surface area contributed by atoms with E-state index in [4.69, 9.17) is 19.3 Å². The van der Waals surface area contributed by atoms with Crippen molar-refractivity contribution in [3.63, 3.8) is 0 Å². The largest absolute Gasteiger partial charge is 0.478 e. The topological polar surface area (TPSA) is 110 Å². The van der Waals surface area contributed by atoms with E-state index in [1.165, 1.54) is 0 Å². The molecule has 0 fully saturated rings. The number of aromatic carboxylic acids is 2. The van der Waals surface area contributed by atoms with E-state index in [-0.39, 0.29) is 29.6 Å². The third-order valence-electron chi connectivity index (χ3n) is 2.33. The average molecular weight is 302 g/mol. The highest BCUT2D eigenvalue weighted by Crippen LogP contribution is 2.47. The maximum atomic E-state index is 12.5. The van der Waals surface area contributed by atoms with E-state index >= 15 is 0 Å². The van der Waals surface area contributed by atoms with Crippen molar-refractivity contribution in [1.29, 1.82) is 0 Å². The maximum Gasteiger partial charge on any atom is 0.361 e. The van der Waals surface area contributed by atoms with Crippen LogP contribution in [0, 0.1) is 0 Å². The van der Waals surface area contributed by atoms with Crippen LogP contribution in [-0.2, 0) is 13.6 Å². The molecule has 7 nitrogen and oxygen atoms in total. The fourth-order valence-corrected chi connectivity index (χ4v) is 3.19. The Morgan fingerprint density at radius 1 is 1.00 bits per heavy atom. The van der Waals surface area contributed by atoms with Crippen molar-refractivity contribution in [2.45, 2.75) is 13.8 Å². The van der Waals surface area contributed by atoms with Crippen LogP contribution in [0.15, 0.2) is 18.2 Å². The molecule has 1 aromatic rings. The highest BCUT2D eigenvalue weighted by molar-refractivity contribution is 7.62. The van der Waals surface area contributed by atoms with Crippen molar-refractivity contribution in [2.75, 3.05) is 13.2 Å². The summed E-state index contributed by atoms with van der Waals surface area (Å²) in [6.45, 7) is 3.36. The van der Waals surface area contributed by atoms with E-state index in [9.17, 15) is 14.2 Å². The van der Waals surface area contributed by atoms with Crippen molar-refractivity contribution in [1.82, 2.24) is 0 Å².